The maximum absolute atomic E-state index is 12.4. The summed E-state index contributed by atoms with van der Waals surface area (Å²) in [5.74, 6) is 0. The fraction of sp³-hybridized carbons (Fsp3) is 0. The van der Waals surface area contributed by atoms with Crippen LogP contribution in [-0.4, -0.2) is 4.98 Å². The van der Waals surface area contributed by atoms with Gasteiger partial charge in [0.1, 0.15) is 5.52 Å². The fourth-order valence-electron chi connectivity index (χ4n) is 1.95. The molecule has 1 aromatic heterocycles. The first-order valence-electron chi connectivity index (χ1n) is 5.23. The van der Waals surface area contributed by atoms with Crippen molar-refractivity contribution in [2.24, 2.45) is 0 Å². The van der Waals surface area contributed by atoms with Gasteiger partial charge in [0.15, 0.2) is 0 Å². The van der Waals surface area contributed by atoms with Crippen molar-refractivity contribution in [3.8, 4) is 0 Å². The SMILES string of the molecule is O=c1c2ccccc2cc(Br)c2cccnc12. The first-order valence-corrected chi connectivity index (χ1v) is 6.03. The average molecular weight is 286 g/mol. The molecular weight excluding hydrogens is 278 g/mol. The van der Waals surface area contributed by atoms with Gasteiger partial charge in [0.25, 0.3) is 0 Å². The minimum atomic E-state index is -0.0260. The maximum atomic E-state index is 12.4. The summed E-state index contributed by atoms with van der Waals surface area (Å²) in [6.07, 6.45) is 1.64. The topological polar surface area (TPSA) is 30.0 Å². The molecule has 3 aromatic rings. The second-order valence-electron chi connectivity index (χ2n) is 3.81. The van der Waals surface area contributed by atoms with Gasteiger partial charge in [-0.05, 0) is 23.6 Å². The van der Waals surface area contributed by atoms with E-state index in [-0.39, 0.29) is 5.43 Å². The van der Waals surface area contributed by atoms with E-state index in [2.05, 4.69) is 20.9 Å². The van der Waals surface area contributed by atoms with Gasteiger partial charge < -0.3 is 0 Å². The Morgan fingerprint density at radius 2 is 1.76 bits per heavy atom. The molecule has 17 heavy (non-hydrogen) atoms. The van der Waals surface area contributed by atoms with Crippen LogP contribution >= 0.6 is 15.9 Å². The van der Waals surface area contributed by atoms with E-state index in [1.165, 1.54) is 0 Å². The Bertz CT molecular complexity index is 783. The molecule has 0 radical (unpaired) electrons. The lowest BCUT2D eigenvalue weighted by atomic mass is 10.2. The highest BCUT2D eigenvalue weighted by Crippen LogP contribution is 2.22. The van der Waals surface area contributed by atoms with Crippen LogP contribution in [0.2, 0.25) is 0 Å². The molecule has 0 amide bonds. The van der Waals surface area contributed by atoms with Crippen LogP contribution in [0.25, 0.3) is 21.7 Å². The lowest BCUT2D eigenvalue weighted by Crippen LogP contribution is -1.99. The van der Waals surface area contributed by atoms with Gasteiger partial charge in [-0.25, -0.2) is 0 Å². The minimum Gasteiger partial charge on any atom is -0.287 e. The first-order chi connectivity index (χ1) is 8.27. The van der Waals surface area contributed by atoms with Crippen molar-refractivity contribution in [2.45, 2.75) is 0 Å². The van der Waals surface area contributed by atoms with Crippen molar-refractivity contribution in [2.75, 3.05) is 0 Å². The van der Waals surface area contributed by atoms with Gasteiger partial charge >= 0.3 is 0 Å². The Hall–Kier alpha value is -1.74. The van der Waals surface area contributed by atoms with Gasteiger partial charge in [0.2, 0.25) is 5.43 Å². The van der Waals surface area contributed by atoms with E-state index >= 15 is 0 Å². The normalized spacial score (nSPS) is 10.9. The van der Waals surface area contributed by atoms with E-state index in [9.17, 15) is 4.79 Å². The molecule has 0 saturated heterocycles. The fourth-order valence-corrected chi connectivity index (χ4v) is 2.52. The molecule has 0 atom stereocenters. The van der Waals surface area contributed by atoms with Gasteiger partial charge in [-0.1, -0.05) is 40.2 Å². The van der Waals surface area contributed by atoms with Crippen molar-refractivity contribution in [3.05, 3.63) is 63.4 Å². The van der Waals surface area contributed by atoms with Crippen LogP contribution in [0.4, 0.5) is 0 Å². The summed E-state index contributed by atoms with van der Waals surface area (Å²) in [6.45, 7) is 0. The molecule has 82 valence electrons. The maximum Gasteiger partial charge on any atom is 0.212 e. The average Bonchev–Trinajstić information content (AvgIpc) is 2.48. The molecule has 0 N–H and O–H groups in total. The van der Waals surface area contributed by atoms with Gasteiger partial charge in [0, 0.05) is 21.4 Å². The number of benzene rings is 1. The molecule has 3 heteroatoms. The number of halogens is 1. The quantitative estimate of drug-likeness (QED) is 0.633. The Morgan fingerprint density at radius 3 is 2.65 bits per heavy atom. The number of hydrogen-bond acceptors (Lipinski definition) is 2. The molecule has 2 nitrogen and oxygen atoms in total. The molecule has 0 aliphatic heterocycles. The van der Waals surface area contributed by atoms with E-state index in [4.69, 9.17) is 0 Å². The van der Waals surface area contributed by atoms with Crippen LogP contribution < -0.4 is 5.43 Å². The summed E-state index contributed by atoms with van der Waals surface area (Å²) >= 11 is 3.50. The molecule has 0 unspecified atom stereocenters. The Kier molecular flexibility index (Phi) is 2.41. The van der Waals surface area contributed by atoms with Gasteiger partial charge in [0.05, 0.1) is 0 Å². The molecular formula is C14H8BrNO. The Balaban J connectivity index is 2.73. The predicted molar refractivity (Wildman–Crippen MR) is 73.2 cm³/mol. The van der Waals surface area contributed by atoms with Crippen LogP contribution in [0.5, 0.6) is 0 Å². The van der Waals surface area contributed by atoms with E-state index < -0.39 is 0 Å². The highest BCUT2D eigenvalue weighted by atomic mass is 79.9. The van der Waals surface area contributed by atoms with Gasteiger partial charge in [-0.2, -0.15) is 0 Å². The zero-order chi connectivity index (χ0) is 11.8. The van der Waals surface area contributed by atoms with Crippen LogP contribution in [0, 0.1) is 0 Å². The molecule has 1 heterocycles. The van der Waals surface area contributed by atoms with E-state index in [0.29, 0.717) is 10.9 Å². The summed E-state index contributed by atoms with van der Waals surface area (Å²) in [5.41, 5.74) is 0.475. The summed E-state index contributed by atoms with van der Waals surface area (Å²) in [6, 6.07) is 13.2. The third kappa shape index (κ3) is 1.63. The number of fused-ring (bicyclic) bond motifs is 2. The highest BCUT2D eigenvalue weighted by Gasteiger charge is 2.05. The Labute approximate surface area is 106 Å². The molecule has 0 spiro atoms. The third-order valence-electron chi connectivity index (χ3n) is 2.77. The number of pyridine rings is 1. The van der Waals surface area contributed by atoms with Crippen LogP contribution in [0.15, 0.2) is 57.9 Å². The lowest BCUT2D eigenvalue weighted by molar-refractivity contribution is 1.40. The summed E-state index contributed by atoms with van der Waals surface area (Å²) < 4.78 is 0.888. The predicted octanol–water partition coefficient (Wildman–Crippen LogP) is 3.51. The summed E-state index contributed by atoms with van der Waals surface area (Å²) in [7, 11) is 0. The summed E-state index contributed by atoms with van der Waals surface area (Å²) in [5, 5.41) is 2.46. The minimum absolute atomic E-state index is 0.0260. The van der Waals surface area contributed by atoms with Crippen LogP contribution in [0.1, 0.15) is 0 Å². The first kappa shape index (κ1) is 10.4. The van der Waals surface area contributed by atoms with Crippen molar-refractivity contribution in [1.82, 2.24) is 4.98 Å². The molecule has 0 fully saturated rings. The van der Waals surface area contributed by atoms with E-state index in [1.807, 2.05) is 42.5 Å². The zero-order valence-electron chi connectivity index (χ0n) is 8.85. The number of nitrogens with zero attached hydrogens (tertiary/aromatic N) is 1. The van der Waals surface area contributed by atoms with Crippen molar-refractivity contribution in [1.29, 1.82) is 0 Å². The molecule has 0 saturated carbocycles. The molecule has 0 aliphatic carbocycles. The zero-order valence-corrected chi connectivity index (χ0v) is 10.4. The number of hydrogen-bond donors (Lipinski definition) is 0. The highest BCUT2D eigenvalue weighted by molar-refractivity contribution is 9.10. The molecule has 0 bridgehead atoms. The second kappa shape index (κ2) is 3.93. The van der Waals surface area contributed by atoms with Crippen molar-refractivity contribution >= 4 is 37.6 Å². The molecule has 0 aliphatic rings. The summed E-state index contributed by atoms with van der Waals surface area (Å²) in [4.78, 5) is 16.5. The standard InChI is InChI=1S/C14H8BrNO/c15-12-8-9-4-1-2-5-10(9)14(17)13-11(12)6-3-7-16-13/h1-8H. The number of aromatic nitrogens is 1. The number of rotatable bonds is 0. The second-order valence-corrected chi connectivity index (χ2v) is 4.66. The Morgan fingerprint density at radius 1 is 1.00 bits per heavy atom. The van der Waals surface area contributed by atoms with Crippen LogP contribution in [0.3, 0.4) is 0 Å². The molecule has 3 rings (SSSR count). The van der Waals surface area contributed by atoms with Crippen LogP contribution in [-0.2, 0) is 0 Å². The third-order valence-corrected chi connectivity index (χ3v) is 3.42. The van der Waals surface area contributed by atoms with E-state index in [1.54, 1.807) is 6.20 Å². The van der Waals surface area contributed by atoms with E-state index in [0.717, 1.165) is 15.2 Å². The molecule has 2 aromatic carbocycles. The van der Waals surface area contributed by atoms with Crippen molar-refractivity contribution < 1.29 is 0 Å². The van der Waals surface area contributed by atoms with Gasteiger partial charge in [-0.15, -0.1) is 0 Å². The monoisotopic (exact) mass is 285 g/mol. The smallest absolute Gasteiger partial charge is 0.212 e. The van der Waals surface area contributed by atoms with Crippen molar-refractivity contribution in [3.63, 3.8) is 0 Å². The van der Waals surface area contributed by atoms with Gasteiger partial charge in [-0.3, -0.25) is 9.78 Å². The largest absolute Gasteiger partial charge is 0.287 e. The lowest BCUT2D eigenvalue weighted by Gasteiger charge is -1.91.